The second kappa shape index (κ2) is 3.98. The average molecular weight is 383 g/mol. The SMILES string of the molecule is COc1cc2c(Br)c(C)sc2cc1I. The van der Waals surface area contributed by atoms with Crippen molar-refractivity contribution >= 4 is 59.9 Å². The van der Waals surface area contributed by atoms with Gasteiger partial charge in [0.05, 0.1) is 10.7 Å². The van der Waals surface area contributed by atoms with Gasteiger partial charge in [0.2, 0.25) is 0 Å². The Morgan fingerprint density at radius 2 is 2.14 bits per heavy atom. The third kappa shape index (κ3) is 1.67. The molecule has 0 saturated heterocycles. The van der Waals surface area contributed by atoms with E-state index in [1.807, 2.05) is 0 Å². The summed E-state index contributed by atoms with van der Waals surface area (Å²) in [6, 6.07) is 4.25. The number of halogens is 2. The van der Waals surface area contributed by atoms with Crippen molar-refractivity contribution in [3.8, 4) is 5.75 Å². The summed E-state index contributed by atoms with van der Waals surface area (Å²) in [6.45, 7) is 2.12. The summed E-state index contributed by atoms with van der Waals surface area (Å²) in [5.74, 6) is 0.941. The van der Waals surface area contributed by atoms with Gasteiger partial charge in [0, 0.05) is 19.4 Å². The highest BCUT2D eigenvalue weighted by atomic mass is 127. The number of ether oxygens (including phenoxy) is 1. The second-order valence-electron chi connectivity index (χ2n) is 2.96. The third-order valence-corrected chi connectivity index (χ3v) is 5.26. The molecule has 2 rings (SSSR count). The fourth-order valence-corrected chi connectivity index (χ4v) is 3.92. The van der Waals surface area contributed by atoms with Crippen LogP contribution in [0.25, 0.3) is 10.1 Å². The molecule has 0 unspecified atom stereocenters. The molecule has 0 radical (unpaired) electrons. The van der Waals surface area contributed by atoms with Gasteiger partial charge in [-0.15, -0.1) is 11.3 Å². The minimum absolute atomic E-state index is 0.941. The van der Waals surface area contributed by atoms with Crippen molar-refractivity contribution in [2.24, 2.45) is 0 Å². The number of hydrogen-bond acceptors (Lipinski definition) is 2. The largest absolute Gasteiger partial charge is 0.496 e. The van der Waals surface area contributed by atoms with Gasteiger partial charge in [-0.25, -0.2) is 0 Å². The first-order chi connectivity index (χ1) is 6.63. The lowest BCUT2D eigenvalue weighted by Crippen LogP contribution is -1.85. The van der Waals surface area contributed by atoms with Crippen molar-refractivity contribution in [2.45, 2.75) is 6.92 Å². The van der Waals surface area contributed by atoms with Crippen LogP contribution >= 0.6 is 49.9 Å². The van der Waals surface area contributed by atoms with Crippen LogP contribution in [0, 0.1) is 10.5 Å². The van der Waals surface area contributed by atoms with Gasteiger partial charge in [0.25, 0.3) is 0 Å². The Balaban J connectivity index is 2.80. The predicted molar refractivity (Wildman–Crippen MR) is 73.5 cm³/mol. The highest BCUT2D eigenvalue weighted by molar-refractivity contribution is 14.1. The Kier molecular flexibility index (Phi) is 3.04. The Labute approximate surface area is 109 Å². The molecule has 14 heavy (non-hydrogen) atoms. The van der Waals surface area contributed by atoms with E-state index < -0.39 is 0 Å². The number of fused-ring (bicyclic) bond motifs is 1. The standard InChI is InChI=1S/C10H8BrIOS/c1-5-10(11)6-3-8(13-2)7(12)4-9(6)14-5/h3-4H,1-2H3. The van der Waals surface area contributed by atoms with E-state index in [9.17, 15) is 0 Å². The maximum absolute atomic E-state index is 5.29. The summed E-state index contributed by atoms with van der Waals surface area (Å²) in [7, 11) is 1.70. The van der Waals surface area contributed by atoms with Gasteiger partial charge >= 0.3 is 0 Å². The van der Waals surface area contributed by atoms with Gasteiger partial charge in [-0.1, -0.05) is 0 Å². The normalized spacial score (nSPS) is 10.9. The molecular formula is C10H8BrIOS. The molecule has 0 N–H and O–H groups in total. The minimum Gasteiger partial charge on any atom is -0.496 e. The molecule has 4 heteroatoms. The first-order valence-corrected chi connectivity index (χ1v) is 6.74. The van der Waals surface area contributed by atoms with Gasteiger partial charge in [-0.05, 0) is 57.6 Å². The molecule has 0 spiro atoms. The van der Waals surface area contributed by atoms with Crippen molar-refractivity contribution in [2.75, 3.05) is 7.11 Å². The molecule has 1 aromatic carbocycles. The Hall–Kier alpha value is 0.190. The Morgan fingerprint density at radius 1 is 1.43 bits per heavy atom. The quantitative estimate of drug-likeness (QED) is 0.655. The number of aryl methyl sites for hydroxylation is 1. The highest BCUT2D eigenvalue weighted by Gasteiger charge is 2.09. The van der Waals surface area contributed by atoms with Crippen LogP contribution in [0.2, 0.25) is 0 Å². The van der Waals surface area contributed by atoms with Crippen LogP contribution < -0.4 is 4.74 Å². The van der Waals surface area contributed by atoms with Crippen molar-refractivity contribution in [3.05, 3.63) is 25.1 Å². The predicted octanol–water partition coefficient (Wildman–Crippen LogP) is 4.59. The van der Waals surface area contributed by atoms with Gasteiger partial charge in [0.15, 0.2) is 0 Å². The summed E-state index contributed by atoms with van der Waals surface area (Å²) >= 11 is 7.69. The van der Waals surface area contributed by atoms with E-state index in [1.54, 1.807) is 18.4 Å². The lowest BCUT2D eigenvalue weighted by Gasteiger charge is -2.02. The Morgan fingerprint density at radius 3 is 2.79 bits per heavy atom. The minimum atomic E-state index is 0.941. The van der Waals surface area contributed by atoms with Crippen molar-refractivity contribution in [3.63, 3.8) is 0 Å². The molecule has 74 valence electrons. The zero-order chi connectivity index (χ0) is 10.3. The molecule has 0 aliphatic heterocycles. The number of thiophene rings is 1. The molecule has 0 amide bonds. The van der Waals surface area contributed by atoms with E-state index in [0.29, 0.717) is 0 Å². The molecule has 0 aliphatic carbocycles. The van der Waals surface area contributed by atoms with E-state index in [-0.39, 0.29) is 0 Å². The van der Waals surface area contributed by atoms with Crippen molar-refractivity contribution in [1.82, 2.24) is 0 Å². The van der Waals surface area contributed by atoms with Crippen LogP contribution in [0.15, 0.2) is 16.6 Å². The zero-order valence-electron chi connectivity index (χ0n) is 7.73. The smallest absolute Gasteiger partial charge is 0.132 e. The molecular weight excluding hydrogens is 375 g/mol. The van der Waals surface area contributed by atoms with E-state index in [0.717, 1.165) is 9.32 Å². The third-order valence-electron chi connectivity index (χ3n) is 2.06. The fraction of sp³-hybridized carbons (Fsp3) is 0.200. The molecule has 0 fully saturated rings. The number of benzene rings is 1. The summed E-state index contributed by atoms with van der Waals surface area (Å²) in [5, 5.41) is 1.24. The molecule has 1 heterocycles. The van der Waals surface area contributed by atoms with E-state index in [4.69, 9.17) is 4.74 Å². The Bertz CT molecular complexity index is 492. The van der Waals surface area contributed by atoms with Crippen LogP contribution in [-0.4, -0.2) is 7.11 Å². The van der Waals surface area contributed by atoms with Crippen LogP contribution in [0.3, 0.4) is 0 Å². The topological polar surface area (TPSA) is 9.23 Å². The lowest BCUT2D eigenvalue weighted by atomic mass is 10.2. The van der Waals surface area contributed by atoms with Gasteiger partial charge in [-0.2, -0.15) is 0 Å². The average Bonchev–Trinajstić information content (AvgIpc) is 2.41. The summed E-state index contributed by atoms with van der Waals surface area (Å²) < 4.78 is 8.94. The molecule has 0 atom stereocenters. The second-order valence-corrected chi connectivity index (χ2v) is 6.17. The molecule has 0 saturated carbocycles. The van der Waals surface area contributed by atoms with Gasteiger partial charge in [-0.3, -0.25) is 0 Å². The summed E-state index contributed by atoms with van der Waals surface area (Å²) in [4.78, 5) is 1.31. The number of hydrogen-bond donors (Lipinski definition) is 0. The number of methoxy groups -OCH3 is 1. The lowest BCUT2D eigenvalue weighted by molar-refractivity contribution is 0.412. The number of rotatable bonds is 1. The van der Waals surface area contributed by atoms with Crippen molar-refractivity contribution in [1.29, 1.82) is 0 Å². The van der Waals surface area contributed by atoms with Crippen LogP contribution in [0.4, 0.5) is 0 Å². The molecule has 0 aliphatic rings. The molecule has 1 aromatic heterocycles. The maximum atomic E-state index is 5.29. The summed E-state index contributed by atoms with van der Waals surface area (Å²) in [6.07, 6.45) is 0. The van der Waals surface area contributed by atoms with E-state index in [2.05, 4.69) is 57.6 Å². The first-order valence-electron chi connectivity index (χ1n) is 4.05. The van der Waals surface area contributed by atoms with Crippen LogP contribution in [-0.2, 0) is 0 Å². The van der Waals surface area contributed by atoms with E-state index in [1.165, 1.54) is 19.4 Å². The molecule has 0 bridgehead atoms. The van der Waals surface area contributed by atoms with Crippen LogP contribution in [0.5, 0.6) is 5.75 Å². The summed E-state index contributed by atoms with van der Waals surface area (Å²) in [5.41, 5.74) is 0. The van der Waals surface area contributed by atoms with E-state index >= 15 is 0 Å². The van der Waals surface area contributed by atoms with Crippen LogP contribution in [0.1, 0.15) is 4.88 Å². The molecule has 2 aromatic rings. The van der Waals surface area contributed by atoms with Crippen molar-refractivity contribution < 1.29 is 4.74 Å². The van der Waals surface area contributed by atoms with Gasteiger partial charge < -0.3 is 4.74 Å². The monoisotopic (exact) mass is 382 g/mol. The fourth-order valence-electron chi connectivity index (χ4n) is 1.35. The first kappa shape index (κ1) is 10.7. The van der Waals surface area contributed by atoms with Gasteiger partial charge in [0.1, 0.15) is 5.75 Å². The molecule has 1 nitrogen and oxygen atoms in total. The zero-order valence-corrected chi connectivity index (χ0v) is 12.3. The maximum Gasteiger partial charge on any atom is 0.132 e. The highest BCUT2D eigenvalue weighted by Crippen LogP contribution is 2.38.